The van der Waals surface area contributed by atoms with E-state index >= 15 is 0 Å². The number of hydrogen-bond donors (Lipinski definition) is 2. The van der Waals surface area contributed by atoms with Gasteiger partial charge < -0.3 is 19.7 Å². The summed E-state index contributed by atoms with van der Waals surface area (Å²) >= 11 is 0. The monoisotopic (exact) mass is 353 g/mol. The van der Waals surface area contributed by atoms with Gasteiger partial charge in [0, 0.05) is 24.9 Å². The number of ether oxygens (including phenoxy) is 2. The minimum atomic E-state index is -0.608. The summed E-state index contributed by atoms with van der Waals surface area (Å²) < 4.78 is 11.3. The fraction of sp³-hybridized carbons (Fsp3) is 0.381. The van der Waals surface area contributed by atoms with Gasteiger partial charge in [-0.15, -0.1) is 0 Å². The first-order chi connectivity index (χ1) is 12.8. The Morgan fingerprint density at radius 3 is 2.46 bits per heavy atom. The van der Waals surface area contributed by atoms with Gasteiger partial charge in [-0.3, -0.25) is 4.79 Å². The van der Waals surface area contributed by atoms with Gasteiger partial charge in [0.2, 0.25) is 6.10 Å². The number of hydrogen-bond acceptors (Lipinski definition) is 3. The molecular formula is C21H25N2O3+. The molecular weight excluding hydrogens is 328 g/mol. The summed E-state index contributed by atoms with van der Waals surface area (Å²) in [5, 5.41) is 2.94. The maximum absolute atomic E-state index is 12.4. The van der Waals surface area contributed by atoms with Crippen molar-refractivity contribution in [1.29, 1.82) is 0 Å². The fourth-order valence-corrected chi connectivity index (χ4v) is 3.57. The van der Waals surface area contributed by atoms with E-state index in [1.54, 1.807) is 4.90 Å². The Labute approximate surface area is 153 Å². The summed E-state index contributed by atoms with van der Waals surface area (Å²) in [5.74, 6) is 1.16. The Balaban J connectivity index is 1.28. The molecule has 5 heteroatoms. The van der Waals surface area contributed by atoms with Crippen molar-refractivity contribution in [3.8, 4) is 11.5 Å². The van der Waals surface area contributed by atoms with Crippen LogP contribution in [0.5, 0.6) is 11.5 Å². The Hall–Kier alpha value is -2.53. The number of quaternary nitrogens is 1. The summed E-state index contributed by atoms with van der Waals surface area (Å²) in [7, 11) is 0. The quantitative estimate of drug-likeness (QED) is 0.853. The molecule has 1 atom stereocenters. The summed E-state index contributed by atoms with van der Waals surface area (Å²) in [6, 6.07) is 15.9. The fourth-order valence-electron chi connectivity index (χ4n) is 3.57. The molecule has 0 unspecified atom stereocenters. The van der Waals surface area contributed by atoms with Gasteiger partial charge in [-0.2, -0.15) is 0 Å². The van der Waals surface area contributed by atoms with E-state index in [4.69, 9.17) is 9.47 Å². The third-order valence-electron chi connectivity index (χ3n) is 5.06. The minimum Gasteiger partial charge on any atom is -0.485 e. The zero-order valence-electron chi connectivity index (χ0n) is 14.9. The number of benzene rings is 2. The maximum Gasteiger partial charge on any atom is 0.264 e. The van der Waals surface area contributed by atoms with Gasteiger partial charge in [0.15, 0.2) is 11.5 Å². The van der Waals surface area contributed by atoms with Gasteiger partial charge in [0.25, 0.3) is 5.91 Å². The lowest BCUT2D eigenvalue weighted by atomic mass is 10.1. The van der Waals surface area contributed by atoms with Crippen LogP contribution >= 0.6 is 0 Å². The first kappa shape index (κ1) is 16.9. The summed E-state index contributed by atoms with van der Waals surface area (Å²) in [6.07, 6.45) is 2.08. The van der Waals surface area contributed by atoms with Gasteiger partial charge in [0.05, 0.1) is 13.1 Å². The van der Waals surface area contributed by atoms with E-state index in [0.29, 0.717) is 18.0 Å². The molecule has 2 heterocycles. The Morgan fingerprint density at radius 1 is 1.00 bits per heavy atom. The molecule has 0 spiro atoms. The third-order valence-corrected chi connectivity index (χ3v) is 5.06. The van der Waals surface area contributed by atoms with E-state index in [-0.39, 0.29) is 12.5 Å². The second-order valence-corrected chi connectivity index (χ2v) is 7.03. The van der Waals surface area contributed by atoms with Crippen molar-refractivity contribution in [1.82, 2.24) is 5.32 Å². The molecule has 5 nitrogen and oxygen atoms in total. The molecule has 2 aliphatic rings. The lowest BCUT2D eigenvalue weighted by molar-refractivity contribution is -0.901. The molecule has 1 saturated heterocycles. The van der Waals surface area contributed by atoms with Gasteiger partial charge in [-0.05, 0) is 17.7 Å². The third kappa shape index (κ3) is 3.99. The molecule has 0 aliphatic carbocycles. The zero-order valence-corrected chi connectivity index (χ0v) is 14.9. The van der Waals surface area contributed by atoms with Crippen molar-refractivity contribution < 1.29 is 19.2 Å². The average molecular weight is 353 g/mol. The van der Waals surface area contributed by atoms with E-state index in [1.807, 2.05) is 24.3 Å². The number of fused-ring (bicyclic) bond motifs is 1. The molecule has 0 bridgehead atoms. The van der Waals surface area contributed by atoms with Crippen molar-refractivity contribution in [3.05, 3.63) is 59.7 Å². The first-order valence-electron chi connectivity index (χ1n) is 9.35. The van der Waals surface area contributed by atoms with Crippen LogP contribution in [-0.4, -0.2) is 31.7 Å². The standard InChI is InChI=1S/C21H24N2O3/c24-21(20-15-25-18-5-1-2-6-19(18)26-20)22-13-16-7-9-17(10-8-16)14-23-11-3-4-12-23/h1-2,5-10,20H,3-4,11-15H2,(H,22,24)/p+1/t20-/m1/s1. The van der Waals surface area contributed by atoms with Gasteiger partial charge >= 0.3 is 0 Å². The number of rotatable bonds is 5. The van der Waals surface area contributed by atoms with Crippen LogP contribution in [0.3, 0.4) is 0 Å². The first-order valence-corrected chi connectivity index (χ1v) is 9.35. The van der Waals surface area contributed by atoms with E-state index in [2.05, 4.69) is 29.6 Å². The van der Waals surface area contributed by atoms with Crippen molar-refractivity contribution in [2.45, 2.75) is 32.0 Å². The van der Waals surface area contributed by atoms with Gasteiger partial charge in [0.1, 0.15) is 13.2 Å². The molecule has 136 valence electrons. The summed E-state index contributed by atoms with van der Waals surface area (Å²) in [6.45, 7) is 4.39. The van der Waals surface area contributed by atoms with Crippen LogP contribution in [0.15, 0.2) is 48.5 Å². The second kappa shape index (κ2) is 7.79. The van der Waals surface area contributed by atoms with E-state index in [9.17, 15) is 4.79 Å². The molecule has 1 amide bonds. The lowest BCUT2D eigenvalue weighted by Gasteiger charge is -2.25. The Morgan fingerprint density at radius 2 is 1.69 bits per heavy atom. The number of carbonyl (C=O) groups excluding carboxylic acids is 1. The normalized spacial score (nSPS) is 19.3. The van der Waals surface area contributed by atoms with Crippen LogP contribution in [-0.2, 0) is 17.9 Å². The molecule has 0 aromatic heterocycles. The Bertz CT molecular complexity index is 754. The molecule has 2 aliphatic heterocycles. The molecule has 4 rings (SSSR count). The predicted molar refractivity (Wildman–Crippen MR) is 98.3 cm³/mol. The minimum absolute atomic E-state index is 0.148. The highest BCUT2D eigenvalue weighted by molar-refractivity contribution is 5.81. The molecule has 1 fully saturated rings. The van der Waals surface area contributed by atoms with Crippen LogP contribution in [0.25, 0.3) is 0 Å². The van der Waals surface area contributed by atoms with Crippen molar-refractivity contribution in [2.24, 2.45) is 0 Å². The summed E-state index contributed by atoms with van der Waals surface area (Å²) in [4.78, 5) is 14.0. The van der Waals surface area contributed by atoms with Crippen LogP contribution in [0.1, 0.15) is 24.0 Å². The van der Waals surface area contributed by atoms with Crippen LogP contribution in [0.2, 0.25) is 0 Å². The molecule has 26 heavy (non-hydrogen) atoms. The van der Waals surface area contributed by atoms with Gasteiger partial charge in [-0.25, -0.2) is 0 Å². The molecule has 0 saturated carbocycles. The maximum atomic E-state index is 12.4. The highest BCUT2D eigenvalue weighted by Crippen LogP contribution is 2.30. The van der Waals surface area contributed by atoms with Crippen LogP contribution < -0.4 is 19.7 Å². The molecule has 2 N–H and O–H groups in total. The topological polar surface area (TPSA) is 52.0 Å². The second-order valence-electron chi connectivity index (χ2n) is 7.03. The lowest BCUT2D eigenvalue weighted by Crippen LogP contribution is -3.08. The predicted octanol–water partition coefficient (Wildman–Crippen LogP) is 1.32. The van der Waals surface area contributed by atoms with Crippen LogP contribution in [0.4, 0.5) is 0 Å². The molecule has 2 aromatic carbocycles. The smallest absolute Gasteiger partial charge is 0.264 e. The largest absolute Gasteiger partial charge is 0.485 e. The zero-order chi connectivity index (χ0) is 17.8. The molecule has 2 aromatic rings. The number of likely N-dealkylation sites (tertiary alicyclic amines) is 1. The Kier molecular flexibility index (Phi) is 5.07. The number of para-hydroxylation sites is 2. The van der Waals surface area contributed by atoms with Crippen molar-refractivity contribution >= 4 is 5.91 Å². The van der Waals surface area contributed by atoms with E-state index in [1.165, 1.54) is 31.5 Å². The van der Waals surface area contributed by atoms with E-state index < -0.39 is 6.10 Å². The number of nitrogens with one attached hydrogen (secondary N) is 2. The van der Waals surface area contributed by atoms with Crippen LogP contribution in [0, 0.1) is 0 Å². The number of carbonyl (C=O) groups is 1. The molecule has 0 radical (unpaired) electrons. The average Bonchev–Trinajstić information content (AvgIpc) is 3.20. The SMILES string of the molecule is O=C(NCc1ccc(C[NH+]2CCCC2)cc1)[C@H]1COc2ccccc2O1. The summed E-state index contributed by atoms with van der Waals surface area (Å²) in [5.41, 5.74) is 2.45. The highest BCUT2D eigenvalue weighted by Gasteiger charge is 2.26. The van der Waals surface area contributed by atoms with Crippen molar-refractivity contribution in [3.63, 3.8) is 0 Å². The number of amides is 1. The van der Waals surface area contributed by atoms with Gasteiger partial charge in [-0.1, -0.05) is 36.4 Å². The highest BCUT2D eigenvalue weighted by atomic mass is 16.6. The van der Waals surface area contributed by atoms with E-state index in [0.717, 1.165) is 12.1 Å². The van der Waals surface area contributed by atoms with Crippen molar-refractivity contribution in [2.75, 3.05) is 19.7 Å².